The molecule has 3 aromatic carbocycles. The first-order valence-electron chi connectivity index (χ1n) is 15.3. The quantitative estimate of drug-likeness (QED) is 0.153. The number of hydrogen-bond donors (Lipinski definition) is 1. The first kappa shape index (κ1) is 37.3. The molecule has 0 bridgehead atoms. The maximum absolute atomic E-state index is 14.0. The Morgan fingerprint density at radius 1 is 0.783 bits per heavy atom. The Balaban J connectivity index is 2.13. The third-order valence-corrected chi connectivity index (χ3v) is 14.3. The summed E-state index contributed by atoms with van der Waals surface area (Å²) >= 11 is 0. The van der Waals surface area contributed by atoms with Crippen LogP contribution < -0.4 is 15.7 Å². The van der Waals surface area contributed by atoms with Gasteiger partial charge in [0.25, 0.3) is 8.32 Å². The number of carbonyl (C=O) groups excluding carboxylic acids is 2. The van der Waals surface area contributed by atoms with Gasteiger partial charge < -0.3 is 28.3 Å². The second-order valence-electron chi connectivity index (χ2n) is 13.0. The molecular formula is C35H48NO8PSi. The number of Topliss-reactive ketones (excluding diaryl/α,β-unsaturated/α-hetero) is 1. The fraction of sp³-hybridized carbons (Fsp3) is 0.429. The summed E-state index contributed by atoms with van der Waals surface area (Å²) in [6.45, 7) is 11.6. The maximum Gasteiger partial charge on any atom is 0.408 e. The minimum atomic E-state index is -3.77. The fourth-order valence-electron chi connectivity index (χ4n) is 5.32. The molecule has 11 heteroatoms. The standard InChI is InChI=1S/C35H48NO8PSi/c1-34(2,3)44-33(38)36-30(32(31(37)26-45(39,40-7)41-8)42-24-27-18-12-9-13-19-27)25-43-46(35(4,5)6,28-20-14-10-15-21-28)29-22-16-11-17-23-29/h9-23,30,32H,24-26H2,1-8H3,(H,36,38)/t30-,32-/m1/s1. The van der Waals surface area contributed by atoms with Gasteiger partial charge >= 0.3 is 13.7 Å². The van der Waals surface area contributed by atoms with Gasteiger partial charge in [-0.1, -0.05) is 112 Å². The summed E-state index contributed by atoms with van der Waals surface area (Å²) in [4.78, 5) is 27.3. The lowest BCUT2D eigenvalue weighted by atomic mass is 10.1. The van der Waals surface area contributed by atoms with E-state index in [2.05, 4.69) is 50.4 Å². The van der Waals surface area contributed by atoms with E-state index in [1.807, 2.05) is 66.7 Å². The topological polar surface area (TPSA) is 109 Å². The summed E-state index contributed by atoms with van der Waals surface area (Å²) in [6, 6.07) is 28.4. The zero-order valence-corrected chi connectivity index (χ0v) is 30.0. The Kier molecular flexibility index (Phi) is 13.1. The number of amides is 1. The minimum Gasteiger partial charge on any atom is -0.444 e. The van der Waals surface area contributed by atoms with Gasteiger partial charge in [0.05, 0.1) is 19.3 Å². The van der Waals surface area contributed by atoms with Gasteiger partial charge in [-0.2, -0.15) is 0 Å². The lowest BCUT2D eigenvalue weighted by Gasteiger charge is -2.44. The predicted octanol–water partition coefficient (Wildman–Crippen LogP) is 6.10. The zero-order valence-electron chi connectivity index (χ0n) is 28.1. The van der Waals surface area contributed by atoms with E-state index in [0.29, 0.717) is 0 Å². The smallest absolute Gasteiger partial charge is 0.408 e. The molecule has 46 heavy (non-hydrogen) atoms. The SMILES string of the molecule is COP(=O)(CC(=O)[C@H](OCc1ccccc1)[C@@H](CO[Si](c1ccccc1)(c1ccccc1)C(C)(C)C)NC(=O)OC(C)(C)C)OC. The van der Waals surface area contributed by atoms with Crippen molar-refractivity contribution < 1.29 is 37.1 Å². The molecule has 0 saturated carbocycles. The van der Waals surface area contributed by atoms with Crippen molar-refractivity contribution in [1.82, 2.24) is 5.32 Å². The molecular weight excluding hydrogens is 621 g/mol. The highest BCUT2D eigenvalue weighted by Gasteiger charge is 2.51. The van der Waals surface area contributed by atoms with Crippen molar-refractivity contribution in [3.63, 3.8) is 0 Å². The van der Waals surface area contributed by atoms with E-state index >= 15 is 0 Å². The van der Waals surface area contributed by atoms with Crippen LogP contribution in [0.4, 0.5) is 4.79 Å². The van der Waals surface area contributed by atoms with Gasteiger partial charge in [-0.25, -0.2) is 4.79 Å². The Bertz CT molecular complexity index is 1390. The van der Waals surface area contributed by atoms with Gasteiger partial charge in [0.15, 0.2) is 5.78 Å². The predicted molar refractivity (Wildman–Crippen MR) is 183 cm³/mol. The fourth-order valence-corrected chi connectivity index (χ4v) is 10.9. The Morgan fingerprint density at radius 3 is 1.70 bits per heavy atom. The number of ether oxygens (including phenoxy) is 2. The Labute approximate surface area is 274 Å². The molecule has 0 spiro atoms. The van der Waals surface area contributed by atoms with E-state index in [1.54, 1.807) is 20.8 Å². The van der Waals surface area contributed by atoms with E-state index in [9.17, 15) is 14.2 Å². The summed E-state index contributed by atoms with van der Waals surface area (Å²) in [5, 5.41) is 4.54. The number of carbonyl (C=O) groups is 2. The molecule has 0 aromatic heterocycles. The molecule has 0 radical (unpaired) electrons. The number of benzene rings is 3. The van der Waals surface area contributed by atoms with Gasteiger partial charge in [0, 0.05) is 14.2 Å². The molecule has 1 N–H and O–H groups in total. The van der Waals surface area contributed by atoms with Crippen molar-refractivity contribution in [2.75, 3.05) is 27.0 Å². The van der Waals surface area contributed by atoms with Crippen LogP contribution in [0.25, 0.3) is 0 Å². The summed E-state index contributed by atoms with van der Waals surface area (Å²) in [6.07, 6.45) is -2.60. The largest absolute Gasteiger partial charge is 0.444 e. The minimum absolute atomic E-state index is 0.0488. The maximum atomic E-state index is 14.0. The average molecular weight is 670 g/mol. The van der Waals surface area contributed by atoms with Crippen LogP contribution in [-0.2, 0) is 38.9 Å². The molecule has 2 atom stereocenters. The first-order valence-corrected chi connectivity index (χ1v) is 18.9. The van der Waals surface area contributed by atoms with E-state index in [-0.39, 0.29) is 18.3 Å². The number of rotatable bonds is 15. The summed E-state index contributed by atoms with van der Waals surface area (Å²) in [5.41, 5.74) is 0.00514. The molecule has 1 amide bonds. The molecule has 3 aromatic rings. The van der Waals surface area contributed by atoms with E-state index in [4.69, 9.17) is 22.9 Å². The number of ketones is 1. The molecule has 0 heterocycles. The Hall–Kier alpha value is -3.11. The van der Waals surface area contributed by atoms with Gasteiger partial charge in [0.2, 0.25) is 0 Å². The van der Waals surface area contributed by atoms with Crippen molar-refractivity contribution in [2.24, 2.45) is 0 Å². The first-order chi connectivity index (χ1) is 21.6. The molecule has 0 aliphatic heterocycles. The lowest BCUT2D eigenvalue weighted by Crippen LogP contribution is -2.68. The number of alkyl carbamates (subject to hydrolysis) is 1. The molecule has 0 aliphatic rings. The second-order valence-corrected chi connectivity index (χ2v) is 19.6. The van der Waals surface area contributed by atoms with Crippen LogP contribution in [0.3, 0.4) is 0 Å². The highest BCUT2D eigenvalue weighted by molar-refractivity contribution is 7.54. The highest BCUT2D eigenvalue weighted by Crippen LogP contribution is 2.46. The van der Waals surface area contributed by atoms with Crippen LogP contribution in [0.15, 0.2) is 91.0 Å². The monoisotopic (exact) mass is 669 g/mol. The van der Waals surface area contributed by atoms with Crippen molar-refractivity contribution in [3.8, 4) is 0 Å². The van der Waals surface area contributed by atoms with E-state index in [1.165, 1.54) is 14.2 Å². The highest BCUT2D eigenvalue weighted by atomic mass is 31.2. The second kappa shape index (κ2) is 16.1. The summed E-state index contributed by atoms with van der Waals surface area (Å²) in [7, 11) is -4.43. The van der Waals surface area contributed by atoms with Crippen molar-refractivity contribution in [2.45, 2.75) is 70.9 Å². The van der Waals surface area contributed by atoms with Gasteiger partial charge in [0.1, 0.15) is 17.9 Å². The molecule has 0 saturated heterocycles. The van der Waals surface area contributed by atoms with E-state index < -0.39 is 51.7 Å². The van der Waals surface area contributed by atoms with Crippen LogP contribution in [0.5, 0.6) is 0 Å². The molecule has 0 unspecified atom stereocenters. The molecule has 3 rings (SSSR count). The van der Waals surface area contributed by atoms with Gasteiger partial charge in [-0.3, -0.25) is 9.36 Å². The number of nitrogens with one attached hydrogen (secondary N) is 1. The van der Waals surface area contributed by atoms with Crippen molar-refractivity contribution in [3.05, 3.63) is 96.6 Å². The average Bonchev–Trinajstić information content (AvgIpc) is 3.01. The zero-order chi connectivity index (χ0) is 34.0. The van der Waals surface area contributed by atoms with Crippen molar-refractivity contribution >= 4 is 38.2 Å². The molecule has 0 aliphatic carbocycles. The third-order valence-electron chi connectivity index (χ3n) is 7.46. The van der Waals surface area contributed by atoms with Crippen LogP contribution >= 0.6 is 7.60 Å². The van der Waals surface area contributed by atoms with Crippen LogP contribution in [0.2, 0.25) is 5.04 Å². The normalized spacial score (nSPS) is 13.9. The molecule has 250 valence electrons. The summed E-state index contributed by atoms with van der Waals surface area (Å²) < 4.78 is 42.3. The van der Waals surface area contributed by atoms with Gasteiger partial charge in [-0.15, -0.1) is 0 Å². The van der Waals surface area contributed by atoms with Crippen LogP contribution in [0, 0.1) is 0 Å². The number of hydrogen-bond acceptors (Lipinski definition) is 8. The van der Waals surface area contributed by atoms with Crippen LogP contribution in [-0.4, -0.2) is 64.9 Å². The van der Waals surface area contributed by atoms with E-state index in [0.717, 1.165) is 15.9 Å². The molecule has 0 fully saturated rings. The van der Waals surface area contributed by atoms with Gasteiger partial charge in [-0.05, 0) is 41.7 Å². The Morgan fingerprint density at radius 2 is 1.26 bits per heavy atom. The summed E-state index contributed by atoms with van der Waals surface area (Å²) in [5.74, 6) is -0.574. The lowest BCUT2D eigenvalue weighted by molar-refractivity contribution is -0.131. The van der Waals surface area contributed by atoms with Crippen molar-refractivity contribution in [1.29, 1.82) is 0 Å². The molecule has 9 nitrogen and oxygen atoms in total. The third kappa shape index (κ3) is 9.94. The van der Waals surface area contributed by atoms with Crippen LogP contribution in [0.1, 0.15) is 47.1 Å².